The number of nitrogens with one attached hydrogen (secondary N) is 1. The Kier molecular flexibility index (Phi) is 2.86. The summed E-state index contributed by atoms with van der Waals surface area (Å²) in [5.41, 5.74) is 4.95. The lowest BCUT2D eigenvalue weighted by Gasteiger charge is -2.09. The quantitative estimate of drug-likeness (QED) is 0.428. The van der Waals surface area contributed by atoms with Crippen LogP contribution in [0, 0.1) is 0 Å². The van der Waals surface area contributed by atoms with Gasteiger partial charge in [-0.1, -0.05) is 24.3 Å². The highest BCUT2D eigenvalue weighted by atomic mass is 16.3. The summed E-state index contributed by atoms with van der Waals surface area (Å²) in [6.45, 7) is 0. The first kappa shape index (κ1) is 12.6. The summed E-state index contributed by atoms with van der Waals surface area (Å²) in [7, 11) is 0. The highest BCUT2D eigenvalue weighted by Gasteiger charge is 2.04. The number of aromatic nitrogens is 2. The summed E-state index contributed by atoms with van der Waals surface area (Å²) >= 11 is 0. The van der Waals surface area contributed by atoms with E-state index in [4.69, 9.17) is 0 Å². The predicted octanol–water partition coefficient (Wildman–Crippen LogP) is 4.23. The zero-order valence-electron chi connectivity index (χ0n) is 11.7. The number of rotatable bonds is 2. The SMILES string of the molecule is Oc1ccccc1Nc1ccc2nc3ccccc3nc2c1. The van der Waals surface area contributed by atoms with Gasteiger partial charge in [0.15, 0.2) is 0 Å². The van der Waals surface area contributed by atoms with E-state index in [1.807, 2.05) is 54.6 Å². The van der Waals surface area contributed by atoms with Crippen molar-refractivity contribution in [1.29, 1.82) is 0 Å². The number of fused-ring (bicyclic) bond motifs is 2. The third-order valence-electron chi connectivity index (χ3n) is 3.52. The Bertz CT molecular complexity index is 982. The van der Waals surface area contributed by atoms with Gasteiger partial charge in [0.1, 0.15) is 5.75 Å². The number of anilines is 2. The second-order valence-electron chi connectivity index (χ2n) is 5.06. The summed E-state index contributed by atoms with van der Waals surface area (Å²) in [5, 5.41) is 13.0. The first-order valence-electron chi connectivity index (χ1n) is 7.01. The van der Waals surface area contributed by atoms with Crippen LogP contribution in [0.1, 0.15) is 0 Å². The van der Waals surface area contributed by atoms with Gasteiger partial charge in [-0.3, -0.25) is 0 Å². The van der Waals surface area contributed by atoms with Crippen LogP contribution in [0.25, 0.3) is 22.1 Å². The molecule has 0 spiro atoms. The van der Waals surface area contributed by atoms with Crippen molar-refractivity contribution >= 4 is 33.4 Å². The van der Waals surface area contributed by atoms with Gasteiger partial charge in [0.05, 0.1) is 27.8 Å². The number of aromatic hydroxyl groups is 1. The molecule has 0 saturated carbocycles. The van der Waals surface area contributed by atoms with E-state index in [1.54, 1.807) is 12.1 Å². The zero-order valence-corrected chi connectivity index (χ0v) is 11.7. The van der Waals surface area contributed by atoms with Crippen LogP contribution < -0.4 is 5.32 Å². The second-order valence-corrected chi connectivity index (χ2v) is 5.06. The zero-order chi connectivity index (χ0) is 14.9. The van der Waals surface area contributed by atoms with Crippen molar-refractivity contribution in [1.82, 2.24) is 9.97 Å². The van der Waals surface area contributed by atoms with Gasteiger partial charge < -0.3 is 10.4 Å². The van der Waals surface area contributed by atoms with E-state index in [-0.39, 0.29) is 5.75 Å². The van der Waals surface area contributed by atoms with Crippen molar-refractivity contribution in [2.45, 2.75) is 0 Å². The molecule has 0 atom stereocenters. The molecule has 0 fully saturated rings. The van der Waals surface area contributed by atoms with Gasteiger partial charge in [-0.15, -0.1) is 0 Å². The van der Waals surface area contributed by atoms with E-state index in [0.717, 1.165) is 27.8 Å². The van der Waals surface area contributed by atoms with E-state index in [2.05, 4.69) is 15.3 Å². The van der Waals surface area contributed by atoms with E-state index >= 15 is 0 Å². The molecule has 0 aliphatic heterocycles. The molecular weight excluding hydrogens is 274 g/mol. The van der Waals surface area contributed by atoms with Crippen molar-refractivity contribution < 1.29 is 5.11 Å². The maximum absolute atomic E-state index is 9.84. The molecule has 4 aromatic rings. The van der Waals surface area contributed by atoms with Crippen molar-refractivity contribution in [3.8, 4) is 5.75 Å². The van der Waals surface area contributed by atoms with Crippen molar-refractivity contribution in [2.24, 2.45) is 0 Å². The second kappa shape index (κ2) is 5.00. The fraction of sp³-hybridized carbons (Fsp3) is 0. The number of phenolic OH excluding ortho intramolecular Hbond substituents is 1. The van der Waals surface area contributed by atoms with E-state index in [9.17, 15) is 5.11 Å². The fourth-order valence-electron chi connectivity index (χ4n) is 2.43. The molecule has 1 aromatic heterocycles. The van der Waals surface area contributed by atoms with Gasteiger partial charge in [0, 0.05) is 5.69 Å². The average Bonchev–Trinajstić information content (AvgIpc) is 2.55. The lowest BCUT2D eigenvalue weighted by atomic mass is 10.2. The van der Waals surface area contributed by atoms with Gasteiger partial charge in [-0.05, 0) is 42.5 Å². The highest BCUT2D eigenvalue weighted by Crippen LogP contribution is 2.27. The summed E-state index contributed by atoms with van der Waals surface area (Å²) in [4.78, 5) is 9.24. The van der Waals surface area contributed by atoms with Gasteiger partial charge >= 0.3 is 0 Å². The Morgan fingerprint density at radius 2 is 1.32 bits per heavy atom. The fourth-order valence-corrected chi connectivity index (χ4v) is 2.43. The largest absolute Gasteiger partial charge is 0.506 e. The van der Waals surface area contributed by atoms with E-state index in [1.165, 1.54) is 0 Å². The number of para-hydroxylation sites is 4. The minimum Gasteiger partial charge on any atom is -0.506 e. The minimum atomic E-state index is 0.215. The summed E-state index contributed by atoms with van der Waals surface area (Å²) in [6.07, 6.45) is 0. The monoisotopic (exact) mass is 287 g/mol. The molecular formula is C18H13N3O. The van der Waals surface area contributed by atoms with Gasteiger partial charge in [0.2, 0.25) is 0 Å². The maximum Gasteiger partial charge on any atom is 0.139 e. The first-order chi connectivity index (χ1) is 10.8. The maximum atomic E-state index is 9.84. The van der Waals surface area contributed by atoms with Crippen LogP contribution in [0.15, 0.2) is 66.7 Å². The average molecular weight is 287 g/mol. The summed E-state index contributed by atoms with van der Waals surface area (Å²) < 4.78 is 0. The third-order valence-corrected chi connectivity index (χ3v) is 3.52. The number of hydrogen-bond donors (Lipinski definition) is 2. The first-order valence-corrected chi connectivity index (χ1v) is 7.01. The number of nitrogens with zero attached hydrogens (tertiary/aromatic N) is 2. The molecule has 106 valence electrons. The van der Waals surface area contributed by atoms with Crippen LogP contribution in [-0.2, 0) is 0 Å². The Hall–Kier alpha value is -3.14. The Morgan fingerprint density at radius 1 is 0.682 bits per heavy atom. The molecule has 0 radical (unpaired) electrons. The molecule has 4 nitrogen and oxygen atoms in total. The lowest BCUT2D eigenvalue weighted by molar-refractivity contribution is 0.478. The molecule has 4 rings (SSSR count). The molecule has 3 aromatic carbocycles. The molecule has 0 amide bonds. The Labute approximate surface area is 127 Å². The van der Waals surface area contributed by atoms with Crippen LogP contribution in [0.2, 0.25) is 0 Å². The molecule has 0 saturated heterocycles. The van der Waals surface area contributed by atoms with Crippen LogP contribution >= 0.6 is 0 Å². The molecule has 1 heterocycles. The van der Waals surface area contributed by atoms with Gasteiger partial charge in [0.25, 0.3) is 0 Å². The molecule has 2 N–H and O–H groups in total. The predicted molar refractivity (Wildman–Crippen MR) is 88.4 cm³/mol. The number of phenols is 1. The van der Waals surface area contributed by atoms with Crippen molar-refractivity contribution in [3.05, 3.63) is 66.7 Å². The minimum absolute atomic E-state index is 0.215. The van der Waals surface area contributed by atoms with Crippen LogP contribution in [0.3, 0.4) is 0 Å². The molecule has 0 unspecified atom stereocenters. The number of hydrogen-bond acceptors (Lipinski definition) is 4. The standard InChI is InChI=1S/C18H13N3O/c22-18-8-4-3-7-16(18)19-12-9-10-15-17(11-12)21-14-6-2-1-5-13(14)20-15/h1-11,19,22H. The molecule has 0 aliphatic carbocycles. The lowest BCUT2D eigenvalue weighted by Crippen LogP contribution is -1.92. The normalized spacial score (nSPS) is 10.9. The van der Waals surface area contributed by atoms with Gasteiger partial charge in [-0.25, -0.2) is 9.97 Å². The molecule has 22 heavy (non-hydrogen) atoms. The molecule has 0 aliphatic rings. The third kappa shape index (κ3) is 2.20. The van der Waals surface area contributed by atoms with Crippen molar-refractivity contribution in [3.63, 3.8) is 0 Å². The smallest absolute Gasteiger partial charge is 0.139 e. The summed E-state index contributed by atoms with van der Waals surface area (Å²) in [5.74, 6) is 0.215. The van der Waals surface area contributed by atoms with Crippen LogP contribution in [0.5, 0.6) is 5.75 Å². The van der Waals surface area contributed by atoms with Crippen LogP contribution in [-0.4, -0.2) is 15.1 Å². The Balaban J connectivity index is 1.80. The number of benzene rings is 3. The van der Waals surface area contributed by atoms with E-state index in [0.29, 0.717) is 5.69 Å². The summed E-state index contributed by atoms with van der Waals surface area (Å²) in [6, 6.07) is 20.7. The van der Waals surface area contributed by atoms with Gasteiger partial charge in [-0.2, -0.15) is 0 Å². The highest BCUT2D eigenvalue weighted by molar-refractivity contribution is 5.88. The van der Waals surface area contributed by atoms with E-state index < -0.39 is 0 Å². The van der Waals surface area contributed by atoms with Crippen molar-refractivity contribution in [2.75, 3.05) is 5.32 Å². The topological polar surface area (TPSA) is 58.0 Å². The Morgan fingerprint density at radius 3 is 2.09 bits per heavy atom. The molecule has 0 bridgehead atoms. The molecule has 4 heteroatoms. The van der Waals surface area contributed by atoms with Crippen LogP contribution in [0.4, 0.5) is 11.4 Å².